The summed E-state index contributed by atoms with van der Waals surface area (Å²) in [6, 6.07) is -0.810. The van der Waals surface area contributed by atoms with Gasteiger partial charge in [-0.3, -0.25) is 4.79 Å². The van der Waals surface area contributed by atoms with Crippen molar-refractivity contribution in [1.29, 1.82) is 0 Å². The van der Waals surface area contributed by atoms with Crippen LogP contribution in [0.5, 0.6) is 0 Å². The van der Waals surface area contributed by atoms with Gasteiger partial charge >= 0.3 is 5.97 Å². The number of amides is 1. The normalized spacial score (nSPS) is 14.3. The third-order valence-electron chi connectivity index (χ3n) is 2.88. The van der Waals surface area contributed by atoms with E-state index < -0.39 is 12.0 Å². The van der Waals surface area contributed by atoms with Gasteiger partial charge in [-0.15, -0.1) is 0 Å². The fourth-order valence-electron chi connectivity index (χ4n) is 2.04. The zero-order valence-corrected chi connectivity index (χ0v) is 13.3. The SMILES string of the molecule is CC(C)CC(C)OCCC(=O)N[C@H](CC(C)C)C(=O)O. The fourth-order valence-corrected chi connectivity index (χ4v) is 2.04. The summed E-state index contributed by atoms with van der Waals surface area (Å²) >= 11 is 0. The van der Waals surface area contributed by atoms with Gasteiger partial charge in [0, 0.05) is 6.42 Å². The van der Waals surface area contributed by atoms with E-state index in [9.17, 15) is 9.59 Å². The van der Waals surface area contributed by atoms with Crippen LogP contribution >= 0.6 is 0 Å². The second kappa shape index (κ2) is 9.75. The predicted octanol–water partition coefficient (Wildman–Crippen LogP) is 2.44. The molecule has 0 aliphatic carbocycles. The van der Waals surface area contributed by atoms with Crippen LogP contribution in [0, 0.1) is 11.8 Å². The summed E-state index contributed by atoms with van der Waals surface area (Å²) in [6.07, 6.45) is 1.71. The topological polar surface area (TPSA) is 75.6 Å². The van der Waals surface area contributed by atoms with E-state index in [2.05, 4.69) is 19.2 Å². The van der Waals surface area contributed by atoms with Crippen molar-refractivity contribution in [3.8, 4) is 0 Å². The van der Waals surface area contributed by atoms with Crippen molar-refractivity contribution in [1.82, 2.24) is 5.32 Å². The average Bonchev–Trinajstić information content (AvgIpc) is 2.26. The van der Waals surface area contributed by atoms with Crippen LogP contribution < -0.4 is 5.32 Å². The number of hydrogen-bond donors (Lipinski definition) is 2. The lowest BCUT2D eigenvalue weighted by atomic mass is 10.0. The van der Waals surface area contributed by atoms with Gasteiger partial charge in [0.1, 0.15) is 6.04 Å². The largest absolute Gasteiger partial charge is 0.480 e. The number of carboxylic acid groups (broad SMARTS) is 1. The summed E-state index contributed by atoms with van der Waals surface area (Å²) in [5.74, 6) is -0.476. The Morgan fingerprint density at radius 1 is 1.05 bits per heavy atom. The molecular formula is C15H29NO4. The minimum absolute atomic E-state index is 0.119. The summed E-state index contributed by atoms with van der Waals surface area (Å²) in [5, 5.41) is 11.6. The van der Waals surface area contributed by atoms with E-state index in [0.717, 1.165) is 6.42 Å². The minimum Gasteiger partial charge on any atom is -0.480 e. The van der Waals surface area contributed by atoms with Crippen molar-refractivity contribution in [2.45, 2.75) is 66.0 Å². The molecule has 0 aromatic heterocycles. The smallest absolute Gasteiger partial charge is 0.326 e. The maximum atomic E-state index is 11.7. The molecule has 5 nitrogen and oxygen atoms in total. The van der Waals surface area contributed by atoms with Crippen LogP contribution in [0.15, 0.2) is 0 Å². The second-order valence-corrected chi connectivity index (χ2v) is 6.15. The van der Waals surface area contributed by atoms with Gasteiger partial charge in [0.05, 0.1) is 12.7 Å². The Morgan fingerprint density at radius 3 is 2.05 bits per heavy atom. The monoisotopic (exact) mass is 287 g/mol. The van der Waals surface area contributed by atoms with Crippen molar-refractivity contribution in [3.05, 3.63) is 0 Å². The summed E-state index contributed by atoms with van der Waals surface area (Å²) < 4.78 is 5.54. The average molecular weight is 287 g/mol. The van der Waals surface area contributed by atoms with E-state index in [1.54, 1.807) is 0 Å². The van der Waals surface area contributed by atoms with Crippen LogP contribution in [0.2, 0.25) is 0 Å². The maximum Gasteiger partial charge on any atom is 0.326 e. The predicted molar refractivity (Wildman–Crippen MR) is 78.5 cm³/mol. The van der Waals surface area contributed by atoms with Crippen LogP contribution in [0.1, 0.15) is 53.9 Å². The van der Waals surface area contributed by atoms with Crippen LogP contribution in [-0.2, 0) is 14.3 Å². The van der Waals surface area contributed by atoms with E-state index in [1.807, 2.05) is 20.8 Å². The number of ether oxygens (including phenoxy) is 1. The zero-order chi connectivity index (χ0) is 15.7. The van der Waals surface area contributed by atoms with Gasteiger partial charge in [-0.25, -0.2) is 4.79 Å². The first-order valence-electron chi connectivity index (χ1n) is 7.36. The Labute approximate surface area is 122 Å². The van der Waals surface area contributed by atoms with Gasteiger partial charge in [0.2, 0.25) is 5.91 Å². The summed E-state index contributed by atoms with van der Waals surface area (Å²) in [7, 11) is 0. The standard InChI is InChI=1S/C15H29NO4/c1-10(2)8-12(5)20-7-6-14(17)16-13(15(18)19)9-11(3)4/h10-13H,6-9H2,1-5H3,(H,16,17)(H,18,19)/t12?,13-/m1/s1. The number of carbonyl (C=O) groups excluding carboxylic acids is 1. The zero-order valence-electron chi connectivity index (χ0n) is 13.3. The Balaban J connectivity index is 3.99. The van der Waals surface area contributed by atoms with Crippen molar-refractivity contribution in [3.63, 3.8) is 0 Å². The third-order valence-corrected chi connectivity index (χ3v) is 2.88. The van der Waals surface area contributed by atoms with Gasteiger partial charge in [0.25, 0.3) is 0 Å². The molecule has 20 heavy (non-hydrogen) atoms. The van der Waals surface area contributed by atoms with E-state index in [4.69, 9.17) is 9.84 Å². The Morgan fingerprint density at radius 2 is 1.60 bits per heavy atom. The fraction of sp³-hybridized carbons (Fsp3) is 0.867. The van der Waals surface area contributed by atoms with Gasteiger partial charge < -0.3 is 15.2 Å². The molecule has 0 aromatic rings. The number of aliphatic carboxylic acids is 1. The first-order chi connectivity index (χ1) is 9.22. The number of hydrogen-bond acceptors (Lipinski definition) is 3. The molecule has 0 saturated heterocycles. The second-order valence-electron chi connectivity index (χ2n) is 6.15. The summed E-state index contributed by atoms with van der Waals surface area (Å²) in [5.41, 5.74) is 0. The molecule has 0 bridgehead atoms. The molecule has 0 saturated carbocycles. The summed E-state index contributed by atoms with van der Waals surface area (Å²) in [4.78, 5) is 22.7. The molecule has 2 atom stereocenters. The van der Waals surface area contributed by atoms with E-state index in [1.165, 1.54) is 0 Å². The Kier molecular flexibility index (Phi) is 9.21. The molecule has 1 amide bonds. The lowest BCUT2D eigenvalue weighted by molar-refractivity contribution is -0.142. The van der Waals surface area contributed by atoms with Crippen LogP contribution in [-0.4, -0.2) is 35.7 Å². The molecule has 118 valence electrons. The number of rotatable bonds is 10. The molecule has 5 heteroatoms. The molecule has 0 aliphatic rings. The van der Waals surface area contributed by atoms with Crippen molar-refractivity contribution >= 4 is 11.9 Å². The molecule has 0 spiro atoms. The molecule has 0 heterocycles. The first-order valence-corrected chi connectivity index (χ1v) is 7.36. The van der Waals surface area contributed by atoms with Crippen LogP contribution in [0.4, 0.5) is 0 Å². The number of carboxylic acids is 1. The highest BCUT2D eigenvalue weighted by Gasteiger charge is 2.20. The molecular weight excluding hydrogens is 258 g/mol. The highest BCUT2D eigenvalue weighted by atomic mass is 16.5. The van der Waals surface area contributed by atoms with Crippen molar-refractivity contribution in [2.75, 3.05) is 6.61 Å². The highest BCUT2D eigenvalue weighted by Crippen LogP contribution is 2.08. The van der Waals surface area contributed by atoms with Crippen LogP contribution in [0.3, 0.4) is 0 Å². The molecule has 0 aromatic carbocycles. The molecule has 0 radical (unpaired) electrons. The lowest BCUT2D eigenvalue weighted by Crippen LogP contribution is -2.42. The third kappa shape index (κ3) is 9.78. The number of carbonyl (C=O) groups is 2. The Bertz CT molecular complexity index is 302. The summed E-state index contributed by atoms with van der Waals surface area (Å²) in [6.45, 7) is 10.4. The van der Waals surface area contributed by atoms with Crippen molar-refractivity contribution < 1.29 is 19.4 Å². The minimum atomic E-state index is -0.985. The lowest BCUT2D eigenvalue weighted by Gasteiger charge is -2.18. The van der Waals surface area contributed by atoms with E-state index >= 15 is 0 Å². The molecule has 0 aliphatic heterocycles. The van der Waals surface area contributed by atoms with Crippen molar-refractivity contribution in [2.24, 2.45) is 11.8 Å². The van der Waals surface area contributed by atoms with E-state index in [-0.39, 0.29) is 24.3 Å². The van der Waals surface area contributed by atoms with Crippen LogP contribution in [0.25, 0.3) is 0 Å². The van der Waals surface area contributed by atoms with Gasteiger partial charge in [-0.05, 0) is 31.6 Å². The quantitative estimate of drug-likeness (QED) is 0.647. The highest BCUT2D eigenvalue weighted by molar-refractivity contribution is 5.83. The molecule has 2 N–H and O–H groups in total. The first kappa shape index (κ1) is 18.9. The van der Waals surface area contributed by atoms with Gasteiger partial charge in [-0.2, -0.15) is 0 Å². The molecule has 0 rings (SSSR count). The maximum absolute atomic E-state index is 11.7. The number of nitrogens with one attached hydrogen (secondary N) is 1. The van der Waals surface area contributed by atoms with Gasteiger partial charge in [0.15, 0.2) is 0 Å². The molecule has 0 fully saturated rings. The Hall–Kier alpha value is -1.10. The van der Waals surface area contributed by atoms with Gasteiger partial charge in [-0.1, -0.05) is 27.7 Å². The van der Waals surface area contributed by atoms with E-state index in [0.29, 0.717) is 18.9 Å². The molecule has 1 unspecified atom stereocenters.